The minimum atomic E-state index is 0.796. The molecular formula is C14H22N6. The molecule has 0 unspecified atom stereocenters. The third kappa shape index (κ3) is 2.85. The summed E-state index contributed by atoms with van der Waals surface area (Å²) in [7, 11) is 2.19. The molecule has 1 aliphatic carbocycles. The molecule has 0 amide bonds. The van der Waals surface area contributed by atoms with Gasteiger partial charge in [-0.15, -0.1) is 0 Å². The number of aromatic nitrogens is 3. The first-order chi connectivity index (χ1) is 9.78. The Morgan fingerprint density at radius 2 is 2.25 bits per heavy atom. The van der Waals surface area contributed by atoms with Crippen molar-refractivity contribution >= 4 is 17.3 Å². The summed E-state index contributed by atoms with van der Waals surface area (Å²) in [4.78, 5) is 11.4. The van der Waals surface area contributed by atoms with Crippen molar-refractivity contribution in [2.75, 3.05) is 37.3 Å². The van der Waals surface area contributed by atoms with Gasteiger partial charge in [0.2, 0.25) is 0 Å². The maximum absolute atomic E-state index is 4.60. The van der Waals surface area contributed by atoms with Crippen molar-refractivity contribution in [2.45, 2.75) is 25.8 Å². The molecule has 1 fully saturated rings. The summed E-state index contributed by atoms with van der Waals surface area (Å²) in [6.07, 6.45) is 8.39. The van der Waals surface area contributed by atoms with Gasteiger partial charge in [-0.1, -0.05) is 0 Å². The average molecular weight is 274 g/mol. The summed E-state index contributed by atoms with van der Waals surface area (Å²) in [5.41, 5.74) is 0.876. The second-order valence-corrected chi connectivity index (χ2v) is 5.30. The van der Waals surface area contributed by atoms with Crippen molar-refractivity contribution in [3.8, 4) is 0 Å². The number of hydrogen-bond acceptors (Lipinski definition) is 5. The van der Waals surface area contributed by atoms with E-state index in [9.17, 15) is 0 Å². The van der Waals surface area contributed by atoms with Crippen LogP contribution in [-0.2, 0) is 0 Å². The Morgan fingerprint density at radius 3 is 3.00 bits per heavy atom. The molecule has 108 valence electrons. The number of anilines is 2. The maximum Gasteiger partial charge on any atom is 0.180 e. The van der Waals surface area contributed by atoms with Crippen LogP contribution in [0.2, 0.25) is 0 Å². The molecule has 2 aromatic rings. The Bertz CT molecular complexity index is 574. The Morgan fingerprint density at radius 1 is 1.40 bits per heavy atom. The first-order valence-electron chi connectivity index (χ1n) is 7.29. The predicted octanol–water partition coefficient (Wildman–Crippen LogP) is 1.67. The van der Waals surface area contributed by atoms with Gasteiger partial charge in [-0.2, -0.15) is 0 Å². The second-order valence-electron chi connectivity index (χ2n) is 5.30. The third-order valence-electron chi connectivity index (χ3n) is 3.66. The minimum Gasteiger partial charge on any atom is -0.369 e. The molecule has 0 aromatic carbocycles. The second kappa shape index (κ2) is 5.66. The summed E-state index contributed by atoms with van der Waals surface area (Å²) in [6.45, 7) is 4.84. The Hall–Kier alpha value is -1.82. The monoisotopic (exact) mass is 274 g/mol. The van der Waals surface area contributed by atoms with Gasteiger partial charge in [0.25, 0.3) is 0 Å². The van der Waals surface area contributed by atoms with E-state index in [1.165, 1.54) is 12.8 Å². The first-order valence-corrected chi connectivity index (χ1v) is 7.29. The van der Waals surface area contributed by atoms with E-state index in [2.05, 4.69) is 39.5 Å². The van der Waals surface area contributed by atoms with Crippen molar-refractivity contribution in [3.05, 3.63) is 18.6 Å². The average Bonchev–Trinajstić information content (AvgIpc) is 3.18. The molecule has 1 aliphatic rings. The Kier molecular flexibility index (Phi) is 3.73. The number of nitrogens with zero attached hydrogens (tertiary/aromatic N) is 4. The molecule has 1 saturated carbocycles. The summed E-state index contributed by atoms with van der Waals surface area (Å²) < 4.78 is 2.00. The van der Waals surface area contributed by atoms with E-state index in [0.29, 0.717) is 0 Å². The van der Waals surface area contributed by atoms with Gasteiger partial charge in [0.05, 0.1) is 6.20 Å². The fourth-order valence-corrected chi connectivity index (χ4v) is 2.37. The van der Waals surface area contributed by atoms with Gasteiger partial charge < -0.3 is 19.9 Å². The van der Waals surface area contributed by atoms with Crippen LogP contribution in [0, 0.1) is 0 Å². The molecule has 2 aromatic heterocycles. The highest BCUT2D eigenvalue weighted by atomic mass is 15.2. The molecule has 0 saturated heterocycles. The van der Waals surface area contributed by atoms with Gasteiger partial charge in [0, 0.05) is 38.1 Å². The minimum absolute atomic E-state index is 0.796. The van der Waals surface area contributed by atoms with Gasteiger partial charge in [0.15, 0.2) is 11.5 Å². The Balaban J connectivity index is 1.69. The van der Waals surface area contributed by atoms with Gasteiger partial charge in [-0.3, -0.25) is 0 Å². The molecular weight excluding hydrogens is 252 g/mol. The zero-order valence-electron chi connectivity index (χ0n) is 12.1. The largest absolute Gasteiger partial charge is 0.369 e. The number of imidazole rings is 1. The molecule has 0 atom stereocenters. The zero-order chi connectivity index (χ0) is 13.9. The lowest BCUT2D eigenvalue weighted by molar-refractivity contribution is 0.337. The number of fused-ring (bicyclic) bond motifs is 1. The molecule has 3 rings (SSSR count). The van der Waals surface area contributed by atoms with Crippen molar-refractivity contribution in [1.82, 2.24) is 19.3 Å². The fraction of sp³-hybridized carbons (Fsp3) is 0.571. The number of hydrogen-bond donors (Lipinski definition) is 2. The topological polar surface area (TPSA) is 57.5 Å². The van der Waals surface area contributed by atoms with Crippen LogP contribution in [0.5, 0.6) is 0 Å². The van der Waals surface area contributed by atoms with Crippen LogP contribution in [0.3, 0.4) is 0 Å². The highest BCUT2D eigenvalue weighted by molar-refractivity contribution is 5.65. The van der Waals surface area contributed by atoms with Crippen LogP contribution in [0.15, 0.2) is 18.6 Å². The molecule has 6 heteroatoms. The van der Waals surface area contributed by atoms with Gasteiger partial charge >= 0.3 is 0 Å². The predicted molar refractivity (Wildman–Crippen MR) is 81.3 cm³/mol. The SMILES string of the molecule is CCNc1cn2ccnc2c(NCCN(C)C2CC2)n1. The highest BCUT2D eigenvalue weighted by Crippen LogP contribution is 2.24. The normalized spacial score (nSPS) is 14.9. The lowest BCUT2D eigenvalue weighted by Gasteiger charge is -2.16. The van der Waals surface area contributed by atoms with Crippen molar-refractivity contribution in [3.63, 3.8) is 0 Å². The van der Waals surface area contributed by atoms with Crippen LogP contribution in [0.1, 0.15) is 19.8 Å². The fourth-order valence-electron chi connectivity index (χ4n) is 2.37. The van der Waals surface area contributed by atoms with Crippen molar-refractivity contribution < 1.29 is 0 Å². The van der Waals surface area contributed by atoms with Crippen molar-refractivity contribution in [2.24, 2.45) is 0 Å². The van der Waals surface area contributed by atoms with E-state index < -0.39 is 0 Å². The standard InChI is InChI=1S/C14H22N6/c1-3-15-12-10-20-9-7-17-14(20)13(18-12)16-6-8-19(2)11-4-5-11/h7,9-11,15H,3-6,8H2,1-2H3,(H,16,18). The molecule has 2 heterocycles. The van der Waals surface area contributed by atoms with Crippen LogP contribution >= 0.6 is 0 Å². The van der Waals surface area contributed by atoms with E-state index in [1.807, 2.05) is 16.8 Å². The number of likely N-dealkylation sites (N-methyl/N-ethyl adjacent to an activating group) is 1. The van der Waals surface area contributed by atoms with E-state index in [-0.39, 0.29) is 0 Å². The van der Waals surface area contributed by atoms with E-state index in [1.54, 1.807) is 6.20 Å². The molecule has 0 bridgehead atoms. The molecule has 2 N–H and O–H groups in total. The van der Waals surface area contributed by atoms with Crippen LogP contribution in [0.4, 0.5) is 11.6 Å². The number of rotatable bonds is 7. The summed E-state index contributed by atoms with van der Waals surface area (Å²) in [6, 6.07) is 0.796. The quantitative estimate of drug-likeness (QED) is 0.804. The first kappa shape index (κ1) is 13.2. The van der Waals surface area contributed by atoms with Gasteiger partial charge in [-0.25, -0.2) is 9.97 Å². The van der Waals surface area contributed by atoms with Crippen LogP contribution in [-0.4, -0.2) is 52.0 Å². The molecule has 0 spiro atoms. The highest BCUT2D eigenvalue weighted by Gasteiger charge is 2.25. The number of nitrogens with one attached hydrogen (secondary N) is 2. The maximum atomic E-state index is 4.60. The van der Waals surface area contributed by atoms with E-state index in [4.69, 9.17) is 0 Å². The van der Waals surface area contributed by atoms with Gasteiger partial charge in [0.1, 0.15) is 5.82 Å². The molecule has 0 radical (unpaired) electrons. The van der Waals surface area contributed by atoms with E-state index >= 15 is 0 Å². The lowest BCUT2D eigenvalue weighted by atomic mass is 10.4. The van der Waals surface area contributed by atoms with Crippen LogP contribution < -0.4 is 10.6 Å². The molecule has 20 heavy (non-hydrogen) atoms. The Labute approximate surface area is 119 Å². The zero-order valence-corrected chi connectivity index (χ0v) is 12.1. The molecule has 0 aliphatic heterocycles. The van der Waals surface area contributed by atoms with Crippen molar-refractivity contribution in [1.29, 1.82) is 0 Å². The summed E-state index contributed by atoms with van der Waals surface area (Å²) >= 11 is 0. The smallest absolute Gasteiger partial charge is 0.180 e. The third-order valence-corrected chi connectivity index (χ3v) is 3.66. The molecule has 6 nitrogen and oxygen atoms in total. The van der Waals surface area contributed by atoms with Crippen LogP contribution in [0.25, 0.3) is 5.65 Å². The summed E-state index contributed by atoms with van der Waals surface area (Å²) in [5, 5.41) is 6.66. The lowest BCUT2D eigenvalue weighted by Crippen LogP contribution is -2.27. The van der Waals surface area contributed by atoms with Gasteiger partial charge in [-0.05, 0) is 26.8 Å². The summed E-state index contributed by atoms with van der Waals surface area (Å²) in [5.74, 6) is 1.72. The van der Waals surface area contributed by atoms with E-state index in [0.717, 1.165) is 43.0 Å².